The van der Waals surface area contributed by atoms with Gasteiger partial charge in [-0.05, 0) is 62.0 Å². The molecule has 0 spiro atoms. The Hall–Kier alpha value is -3.79. The maximum atomic E-state index is 11.3. The van der Waals surface area contributed by atoms with Gasteiger partial charge in [0.1, 0.15) is 17.1 Å². The van der Waals surface area contributed by atoms with Crippen LogP contribution in [0.2, 0.25) is 0 Å². The summed E-state index contributed by atoms with van der Waals surface area (Å²) >= 11 is 5.23. The van der Waals surface area contributed by atoms with Crippen LogP contribution in [0.5, 0.6) is 5.75 Å². The van der Waals surface area contributed by atoms with Crippen molar-refractivity contribution in [3.05, 3.63) is 81.2 Å². The Labute approximate surface area is 184 Å². The van der Waals surface area contributed by atoms with Crippen LogP contribution in [-0.4, -0.2) is 33.1 Å². The van der Waals surface area contributed by atoms with Gasteiger partial charge in [-0.1, -0.05) is 18.2 Å². The maximum Gasteiger partial charge on any atom is 0.312 e. The third-order valence-corrected chi connectivity index (χ3v) is 4.76. The van der Waals surface area contributed by atoms with Crippen molar-refractivity contribution in [2.75, 3.05) is 12.4 Å². The standard InChI is InChI=1S/C21H22N6O3S/c1-14-20(27(28)29)15(2)26(25-14)13-17-11-16(9-10-19(17)30-3)12-22-24-21(31)23-18-7-5-4-6-8-18/h4-12H,13H2,1-3H3,(H2,23,24,31). The smallest absolute Gasteiger partial charge is 0.312 e. The van der Waals surface area contributed by atoms with Gasteiger partial charge in [0, 0.05) is 11.3 Å². The van der Waals surface area contributed by atoms with Crippen molar-refractivity contribution in [3.8, 4) is 5.75 Å². The van der Waals surface area contributed by atoms with Gasteiger partial charge >= 0.3 is 5.69 Å². The van der Waals surface area contributed by atoms with Gasteiger partial charge in [0.2, 0.25) is 0 Å². The number of methoxy groups -OCH3 is 1. The van der Waals surface area contributed by atoms with E-state index in [9.17, 15) is 10.1 Å². The Morgan fingerprint density at radius 1 is 1.29 bits per heavy atom. The second-order valence-electron chi connectivity index (χ2n) is 6.70. The molecule has 9 nitrogen and oxygen atoms in total. The molecule has 0 atom stereocenters. The topological polar surface area (TPSA) is 107 Å². The van der Waals surface area contributed by atoms with E-state index < -0.39 is 4.92 Å². The average molecular weight is 439 g/mol. The molecule has 1 heterocycles. The van der Waals surface area contributed by atoms with E-state index >= 15 is 0 Å². The summed E-state index contributed by atoms with van der Waals surface area (Å²) in [7, 11) is 1.57. The first-order valence-corrected chi connectivity index (χ1v) is 9.80. The minimum absolute atomic E-state index is 0.0281. The molecular formula is C21H22N6O3S. The number of hydrogen-bond donors (Lipinski definition) is 2. The lowest BCUT2D eigenvalue weighted by Crippen LogP contribution is -2.23. The number of nitrogens with zero attached hydrogens (tertiary/aromatic N) is 4. The summed E-state index contributed by atoms with van der Waals surface area (Å²) in [5.41, 5.74) is 6.16. The van der Waals surface area contributed by atoms with Crippen molar-refractivity contribution in [1.29, 1.82) is 0 Å². The first-order valence-electron chi connectivity index (χ1n) is 9.39. The van der Waals surface area contributed by atoms with Crippen molar-refractivity contribution in [2.24, 2.45) is 5.10 Å². The van der Waals surface area contributed by atoms with E-state index in [0.29, 0.717) is 28.8 Å². The molecule has 0 bridgehead atoms. The number of rotatable bonds is 7. The molecule has 0 radical (unpaired) electrons. The molecule has 1 aromatic heterocycles. The van der Waals surface area contributed by atoms with Crippen LogP contribution >= 0.6 is 12.2 Å². The minimum Gasteiger partial charge on any atom is -0.496 e. The average Bonchev–Trinajstić information content (AvgIpc) is 3.02. The molecule has 10 heteroatoms. The van der Waals surface area contributed by atoms with E-state index in [4.69, 9.17) is 17.0 Å². The van der Waals surface area contributed by atoms with Crippen LogP contribution in [0.1, 0.15) is 22.5 Å². The quantitative estimate of drug-likeness (QED) is 0.250. The lowest BCUT2D eigenvalue weighted by molar-refractivity contribution is -0.386. The van der Waals surface area contributed by atoms with E-state index in [-0.39, 0.29) is 5.69 Å². The molecule has 0 saturated carbocycles. The van der Waals surface area contributed by atoms with Crippen molar-refractivity contribution >= 4 is 34.9 Å². The molecule has 2 N–H and O–H groups in total. The number of hydrazone groups is 1. The van der Waals surface area contributed by atoms with Crippen LogP contribution in [0.4, 0.5) is 11.4 Å². The molecule has 31 heavy (non-hydrogen) atoms. The highest BCUT2D eigenvalue weighted by atomic mass is 32.1. The summed E-state index contributed by atoms with van der Waals surface area (Å²) in [4.78, 5) is 10.9. The van der Waals surface area contributed by atoms with Gasteiger partial charge in [0.05, 0.1) is 24.8 Å². The third-order valence-electron chi connectivity index (χ3n) is 4.56. The predicted molar refractivity (Wildman–Crippen MR) is 124 cm³/mol. The molecule has 160 valence electrons. The van der Waals surface area contributed by atoms with Crippen molar-refractivity contribution < 1.29 is 9.66 Å². The van der Waals surface area contributed by atoms with Gasteiger partial charge in [-0.2, -0.15) is 10.2 Å². The van der Waals surface area contributed by atoms with Gasteiger partial charge in [0.15, 0.2) is 5.11 Å². The summed E-state index contributed by atoms with van der Waals surface area (Å²) in [6.07, 6.45) is 1.63. The van der Waals surface area contributed by atoms with Crippen molar-refractivity contribution in [1.82, 2.24) is 15.2 Å². The Balaban J connectivity index is 1.73. The number of anilines is 1. The predicted octanol–water partition coefficient (Wildman–Crippen LogP) is 3.79. The van der Waals surface area contributed by atoms with Crippen molar-refractivity contribution in [2.45, 2.75) is 20.4 Å². The van der Waals surface area contributed by atoms with Gasteiger partial charge in [-0.25, -0.2) is 0 Å². The van der Waals surface area contributed by atoms with Gasteiger partial charge in [-0.15, -0.1) is 0 Å². The van der Waals surface area contributed by atoms with E-state index in [1.165, 1.54) is 0 Å². The fourth-order valence-electron chi connectivity index (χ4n) is 3.12. The minimum atomic E-state index is -0.410. The largest absolute Gasteiger partial charge is 0.496 e. The fraction of sp³-hybridized carbons (Fsp3) is 0.190. The van der Waals surface area contributed by atoms with Crippen LogP contribution in [-0.2, 0) is 6.54 Å². The van der Waals surface area contributed by atoms with E-state index in [1.54, 1.807) is 31.9 Å². The monoisotopic (exact) mass is 438 g/mol. The molecule has 0 saturated heterocycles. The number of hydrogen-bond acceptors (Lipinski definition) is 6. The zero-order valence-electron chi connectivity index (χ0n) is 17.3. The number of nitrogens with one attached hydrogen (secondary N) is 2. The van der Waals surface area contributed by atoms with Gasteiger partial charge < -0.3 is 10.1 Å². The molecule has 0 aliphatic rings. The number of aromatic nitrogens is 2. The van der Waals surface area contributed by atoms with Crippen molar-refractivity contribution in [3.63, 3.8) is 0 Å². The zero-order chi connectivity index (χ0) is 22.4. The first kappa shape index (κ1) is 21.9. The van der Waals surface area contributed by atoms with Crippen LogP contribution < -0.4 is 15.5 Å². The Morgan fingerprint density at radius 2 is 2.03 bits per heavy atom. The lowest BCUT2D eigenvalue weighted by Gasteiger charge is -2.11. The molecule has 2 aromatic carbocycles. The lowest BCUT2D eigenvalue weighted by atomic mass is 10.1. The second-order valence-corrected chi connectivity index (χ2v) is 7.10. The summed E-state index contributed by atoms with van der Waals surface area (Å²) in [6.45, 7) is 3.63. The van der Waals surface area contributed by atoms with Crippen LogP contribution in [0.15, 0.2) is 53.6 Å². The zero-order valence-corrected chi connectivity index (χ0v) is 18.1. The summed E-state index contributed by atoms with van der Waals surface area (Å²) < 4.78 is 7.04. The molecular weight excluding hydrogens is 416 g/mol. The van der Waals surface area contributed by atoms with Crippen LogP contribution in [0.3, 0.4) is 0 Å². The van der Waals surface area contributed by atoms with Crippen LogP contribution in [0, 0.1) is 24.0 Å². The number of aryl methyl sites for hydroxylation is 1. The second kappa shape index (κ2) is 9.81. The summed E-state index contributed by atoms with van der Waals surface area (Å²) in [5, 5.41) is 23.1. The number of ether oxygens (including phenoxy) is 1. The molecule has 3 aromatic rings. The Kier molecular flexibility index (Phi) is 6.93. The number of para-hydroxylation sites is 1. The summed E-state index contributed by atoms with van der Waals surface area (Å²) in [5.74, 6) is 0.654. The fourth-order valence-corrected chi connectivity index (χ4v) is 3.29. The van der Waals surface area contributed by atoms with Gasteiger partial charge in [-0.3, -0.25) is 20.2 Å². The molecule has 0 amide bonds. The summed E-state index contributed by atoms with van der Waals surface area (Å²) in [6, 6.07) is 15.1. The Bertz CT molecular complexity index is 1130. The van der Waals surface area contributed by atoms with E-state index in [0.717, 1.165) is 16.8 Å². The normalized spacial score (nSPS) is 10.8. The van der Waals surface area contributed by atoms with E-state index in [2.05, 4.69) is 20.9 Å². The third kappa shape index (κ3) is 5.43. The number of benzene rings is 2. The van der Waals surface area contributed by atoms with E-state index in [1.807, 2.05) is 48.5 Å². The molecule has 0 unspecified atom stereocenters. The highest BCUT2D eigenvalue weighted by Crippen LogP contribution is 2.25. The highest BCUT2D eigenvalue weighted by Gasteiger charge is 2.22. The molecule has 3 rings (SSSR count). The highest BCUT2D eigenvalue weighted by molar-refractivity contribution is 7.80. The molecule has 0 aliphatic heterocycles. The molecule has 0 fully saturated rings. The SMILES string of the molecule is COc1ccc(C=NNC(=S)Nc2ccccc2)cc1Cn1nc(C)c([N+](=O)[O-])c1C. The first-order chi connectivity index (χ1) is 14.9. The Morgan fingerprint density at radius 3 is 2.68 bits per heavy atom. The number of thiocarbonyl (C=S) groups is 1. The number of nitro groups is 1. The van der Waals surface area contributed by atoms with Gasteiger partial charge in [0.25, 0.3) is 0 Å². The van der Waals surface area contributed by atoms with Crippen LogP contribution in [0.25, 0.3) is 0 Å². The molecule has 0 aliphatic carbocycles. The maximum absolute atomic E-state index is 11.3.